The number of carbonyl (C=O) groups excluding carboxylic acids is 1. The molecule has 1 amide bonds. The number of carbonyl (C=O) groups is 1. The van der Waals surface area contributed by atoms with E-state index in [9.17, 15) is 9.90 Å². The van der Waals surface area contributed by atoms with Crippen molar-refractivity contribution in [2.24, 2.45) is 5.92 Å². The molecule has 0 heterocycles. The zero-order chi connectivity index (χ0) is 13.5. The van der Waals surface area contributed by atoms with Gasteiger partial charge in [0.05, 0.1) is 6.10 Å². The summed E-state index contributed by atoms with van der Waals surface area (Å²) in [6.07, 6.45) is 1.24. The number of nitrogens with one attached hydrogen (secondary N) is 1. The number of hydrogen-bond donors (Lipinski definition) is 2. The minimum atomic E-state index is -0.635. The maximum absolute atomic E-state index is 11.7. The lowest BCUT2D eigenvalue weighted by atomic mass is 10.0. The zero-order valence-electron chi connectivity index (χ0n) is 11.4. The summed E-state index contributed by atoms with van der Waals surface area (Å²) in [5.74, 6) is 0.0311. The number of amides is 1. The fourth-order valence-electron chi connectivity index (χ4n) is 2.01. The Morgan fingerprint density at radius 3 is 2.67 bits per heavy atom. The smallest absolute Gasteiger partial charge is 0.222 e. The second-order valence-corrected chi connectivity index (χ2v) is 4.81. The van der Waals surface area contributed by atoms with Crippen LogP contribution >= 0.6 is 0 Å². The second kappa shape index (κ2) is 7.17. The van der Waals surface area contributed by atoms with E-state index in [2.05, 4.69) is 12.2 Å². The Balaban J connectivity index is 2.49. The summed E-state index contributed by atoms with van der Waals surface area (Å²) < 4.78 is 0. The third-order valence-corrected chi connectivity index (χ3v) is 3.19. The van der Waals surface area contributed by atoms with Crippen molar-refractivity contribution in [2.45, 2.75) is 39.7 Å². The molecule has 100 valence electrons. The Kier molecular flexibility index (Phi) is 5.86. The maximum Gasteiger partial charge on any atom is 0.222 e. The highest BCUT2D eigenvalue weighted by Gasteiger charge is 2.14. The molecule has 0 aliphatic rings. The van der Waals surface area contributed by atoms with Gasteiger partial charge in [-0.05, 0) is 24.5 Å². The number of rotatable bonds is 6. The Morgan fingerprint density at radius 2 is 2.06 bits per heavy atom. The molecule has 1 aromatic rings. The highest BCUT2D eigenvalue weighted by Crippen LogP contribution is 2.16. The minimum absolute atomic E-state index is 0.0130. The molecule has 3 heteroatoms. The SMILES string of the molecule is CCCC(C)C(=O)NCC(O)c1ccccc1C. The van der Waals surface area contributed by atoms with Crippen LogP contribution in [-0.2, 0) is 4.79 Å². The number of aliphatic hydroxyl groups excluding tert-OH is 1. The maximum atomic E-state index is 11.7. The summed E-state index contributed by atoms with van der Waals surface area (Å²) in [6, 6.07) is 7.68. The van der Waals surface area contributed by atoms with Crippen LogP contribution in [-0.4, -0.2) is 17.6 Å². The van der Waals surface area contributed by atoms with E-state index >= 15 is 0 Å². The molecule has 0 fully saturated rings. The normalized spacial score (nSPS) is 14.0. The molecular formula is C15H23NO2. The van der Waals surface area contributed by atoms with Crippen LogP contribution in [0.25, 0.3) is 0 Å². The van der Waals surface area contributed by atoms with E-state index in [-0.39, 0.29) is 18.4 Å². The topological polar surface area (TPSA) is 49.3 Å². The van der Waals surface area contributed by atoms with Crippen molar-refractivity contribution < 1.29 is 9.90 Å². The molecule has 0 saturated heterocycles. The third kappa shape index (κ3) is 4.15. The summed E-state index contributed by atoms with van der Waals surface area (Å²) in [5.41, 5.74) is 1.92. The van der Waals surface area contributed by atoms with Crippen molar-refractivity contribution in [3.63, 3.8) is 0 Å². The Bertz CT molecular complexity index is 390. The highest BCUT2D eigenvalue weighted by molar-refractivity contribution is 5.78. The molecule has 0 spiro atoms. The van der Waals surface area contributed by atoms with E-state index in [1.807, 2.05) is 38.1 Å². The fraction of sp³-hybridized carbons (Fsp3) is 0.533. The monoisotopic (exact) mass is 249 g/mol. The van der Waals surface area contributed by atoms with Crippen molar-refractivity contribution in [1.29, 1.82) is 0 Å². The van der Waals surface area contributed by atoms with Crippen LogP contribution in [0, 0.1) is 12.8 Å². The molecule has 0 bridgehead atoms. The molecule has 0 aromatic heterocycles. The molecule has 1 aromatic carbocycles. The Morgan fingerprint density at radius 1 is 1.39 bits per heavy atom. The van der Waals surface area contributed by atoms with Crippen LogP contribution in [0.2, 0.25) is 0 Å². The largest absolute Gasteiger partial charge is 0.387 e. The molecule has 1 rings (SSSR count). The summed E-state index contributed by atoms with van der Waals surface area (Å²) in [5, 5.41) is 12.9. The number of hydrogen-bond acceptors (Lipinski definition) is 2. The average Bonchev–Trinajstić information content (AvgIpc) is 2.36. The molecule has 18 heavy (non-hydrogen) atoms. The molecule has 3 nitrogen and oxygen atoms in total. The van der Waals surface area contributed by atoms with Gasteiger partial charge in [0.2, 0.25) is 5.91 Å². The molecule has 0 radical (unpaired) electrons. The van der Waals surface area contributed by atoms with Gasteiger partial charge in [-0.25, -0.2) is 0 Å². The van der Waals surface area contributed by atoms with Gasteiger partial charge in [-0.3, -0.25) is 4.79 Å². The first-order valence-electron chi connectivity index (χ1n) is 6.57. The van der Waals surface area contributed by atoms with E-state index in [1.54, 1.807) is 0 Å². The zero-order valence-corrected chi connectivity index (χ0v) is 11.4. The van der Waals surface area contributed by atoms with Crippen LogP contribution in [0.4, 0.5) is 0 Å². The van der Waals surface area contributed by atoms with Gasteiger partial charge in [-0.1, -0.05) is 44.5 Å². The number of benzene rings is 1. The Hall–Kier alpha value is -1.35. The molecule has 2 atom stereocenters. The van der Waals surface area contributed by atoms with E-state index in [1.165, 1.54) is 0 Å². The lowest BCUT2D eigenvalue weighted by Crippen LogP contribution is -2.32. The van der Waals surface area contributed by atoms with Crippen LogP contribution in [0.3, 0.4) is 0 Å². The first kappa shape index (κ1) is 14.7. The van der Waals surface area contributed by atoms with Gasteiger partial charge >= 0.3 is 0 Å². The molecule has 0 saturated carbocycles. The van der Waals surface area contributed by atoms with Gasteiger partial charge in [0, 0.05) is 12.5 Å². The van der Waals surface area contributed by atoms with Gasteiger partial charge in [0.1, 0.15) is 0 Å². The summed E-state index contributed by atoms with van der Waals surface area (Å²) in [7, 11) is 0. The predicted octanol–water partition coefficient (Wildman–Crippen LogP) is 2.58. The first-order valence-corrected chi connectivity index (χ1v) is 6.57. The van der Waals surface area contributed by atoms with E-state index < -0.39 is 6.10 Å². The predicted molar refractivity (Wildman–Crippen MR) is 73.2 cm³/mol. The molecule has 0 aliphatic heterocycles. The van der Waals surface area contributed by atoms with Gasteiger partial charge in [-0.15, -0.1) is 0 Å². The van der Waals surface area contributed by atoms with Crippen molar-refractivity contribution in [2.75, 3.05) is 6.54 Å². The first-order chi connectivity index (χ1) is 8.56. The van der Waals surface area contributed by atoms with Gasteiger partial charge in [0.25, 0.3) is 0 Å². The number of aliphatic hydroxyl groups is 1. The van der Waals surface area contributed by atoms with Crippen LogP contribution in [0.5, 0.6) is 0 Å². The minimum Gasteiger partial charge on any atom is -0.387 e. The standard InChI is InChI=1S/C15H23NO2/c1-4-7-12(3)15(18)16-10-14(17)13-9-6-5-8-11(13)2/h5-6,8-9,12,14,17H,4,7,10H2,1-3H3,(H,16,18). The van der Waals surface area contributed by atoms with Crippen molar-refractivity contribution in [3.8, 4) is 0 Å². The van der Waals surface area contributed by atoms with Gasteiger partial charge < -0.3 is 10.4 Å². The van der Waals surface area contributed by atoms with Crippen molar-refractivity contribution >= 4 is 5.91 Å². The Labute approximate surface area is 109 Å². The summed E-state index contributed by atoms with van der Waals surface area (Å²) in [4.78, 5) is 11.7. The molecular weight excluding hydrogens is 226 g/mol. The van der Waals surface area contributed by atoms with Crippen molar-refractivity contribution in [3.05, 3.63) is 35.4 Å². The van der Waals surface area contributed by atoms with E-state index in [0.29, 0.717) is 0 Å². The second-order valence-electron chi connectivity index (χ2n) is 4.81. The highest BCUT2D eigenvalue weighted by atomic mass is 16.3. The lowest BCUT2D eigenvalue weighted by Gasteiger charge is -2.16. The molecule has 2 unspecified atom stereocenters. The summed E-state index contributed by atoms with van der Waals surface area (Å²) >= 11 is 0. The third-order valence-electron chi connectivity index (χ3n) is 3.19. The van der Waals surface area contributed by atoms with Crippen LogP contribution in [0.1, 0.15) is 43.9 Å². The van der Waals surface area contributed by atoms with E-state index in [0.717, 1.165) is 24.0 Å². The fourth-order valence-corrected chi connectivity index (χ4v) is 2.01. The number of aryl methyl sites for hydroxylation is 1. The van der Waals surface area contributed by atoms with Gasteiger partial charge in [0.15, 0.2) is 0 Å². The van der Waals surface area contributed by atoms with Crippen molar-refractivity contribution in [1.82, 2.24) is 5.32 Å². The summed E-state index contributed by atoms with van der Waals surface area (Å²) in [6.45, 7) is 6.21. The molecule has 0 aliphatic carbocycles. The average molecular weight is 249 g/mol. The molecule has 2 N–H and O–H groups in total. The quantitative estimate of drug-likeness (QED) is 0.814. The van der Waals surface area contributed by atoms with Crippen LogP contribution in [0.15, 0.2) is 24.3 Å². The van der Waals surface area contributed by atoms with Crippen LogP contribution < -0.4 is 5.32 Å². The lowest BCUT2D eigenvalue weighted by molar-refractivity contribution is -0.125. The van der Waals surface area contributed by atoms with E-state index in [4.69, 9.17) is 0 Å². The van der Waals surface area contributed by atoms with Gasteiger partial charge in [-0.2, -0.15) is 0 Å².